The summed E-state index contributed by atoms with van der Waals surface area (Å²) in [6, 6.07) is -0.315. The van der Waals surface area contributed by atoms with E-state index in [9.17, 15) is 18.9 Å². The zero-order chi connectivity index (χ0) is 21.1. The van der Waals surface area contributed by atoms with Crippen molar-refractivity contribution in [1.82, 2.24) is 20.3 Å². The number of carboxylic acids is 1. The van der Waals surface area contributed by atoms with E-state index in [4.69, 9.17) is 5.73 Å². The Morgan fingerprint density at radius 1 is 1.55 bits per heavy atom. The molecule has 2 atom stereocenters. The maximum atomic E-state index is 12.9. The summed E-state index contributed by atoms with van der Waals surface area (Å²) in [5.41, 5.74) is 6.30. The number of nitrogens with zero attached hydrogens (tertiary/aromatic N) is 4. The molecule has 1 aromatic heterocycles. The summed E-state index contributed by atoms with van der Waals surface area (Å²) >= 11 is 1.22. The van der Waals surface area contributed by atoms with E-state index < -0.39 is 22.7 Å². The molecule has 156 valence electrons. The minimum Gasteiger partial charge on any atom is -0.477 e. The first-order chi connectivity index (χ1) is 13.8. The second-order valence-corrected chi connectivity index (χ2v) is 8.80. The van der Waals surface area contributed by atoms with Crippen LogP contribution in [0.2, 0.25) is 0 Å². The predicted octanol–water partition coefficient (Wildman–Crippen LogP) is -0.204. The number of hydrogen-bond donors (Lipinski definition) is 3. The number of aliphatic carboxylic acids is 1. The summed E-state index contributed by atoms with van der Waals surface area (Å²) < 4.78 is 11.9. The number of hydrogen-bond acceptors (Lipinski definition) is 9. The zero-order valence-electron chi connectivity index (χ0n) is 15.8. The molecule has 3 heterocycles. The van der Waals surface area contributed by atoms with Gasteiger partial charge < -0.3 is 16.2 Å². The summed E-state index contributed by atoms with van der Waals surface area (Å²) in [5, 5.41) is 17.8. The Morgan fingerprint density at radius 3 is 2.90 bits per heavy atom. The average molecular weight is 439 g/mol. The third kappa shape index (κ3) is 4.54. The van der Waals surface area contributed by atoms with E-state index in [0.29, 0.717) is 35.2 Å². The number of aliphatic imine (C=N–C) groups is 1. The van der Waals surface area contributed by atoms with Gasteiger partial charge in [0.05, 0.1) is 24.0 Å². The largest absolute Gasteiger partial charge is 0.477 e. The quantitative estimate of drug-likeness (QED) is 0.288. The van der Waals surface area contributed by atoms with Gasteiger partial charge in [-0.3, -0.25) is 19.0 Å². The number of rotatable bonds is 8. The normalized spacial score (nSPS) is 20.7. The Bertz CT molecular complexity index is 925. The van der Waals surface area contributed by atoms with E-state index >= 15 is 0 Å². The van der Waals surface area contributed by atoms with Crippen molar-refractivity contribution in [2.24, 2.45) is 4.99 Å². The van der Waals surface area contributed by atoms with E-state index in [1.165, 1.54) is 17.6 Å². The molecule has 1 amide bonds. The van der Waals surface area contributed by atoms with Crippen LogP contribution < -0.4 is 11.1 Å². The van der Waals surface area contributed by atoms with Gasteiger partial charge in [-0.05, 0) is 6.42 Å². The molecule has 29 heavy (non-hydrogen) atoms. The fourth-order valence-corrected chi connectivity index (χ4v) is 4.58. The number of nitrogens with one attached hydrogen (secondary N) is 1. The van der Waals surface area contributed by atoms with Crippen LogP contribution in [0, 0.1) is 0 Å². The molecule has 10 nitrogen and oxygen atoms in total. The third-order valence-corrected chi connectivity index (χ3v) is 6.17. The van der Waals surface area contributed by atoms with Crippen LogP contribution in [0.3, 0.4) is 0 Å². The van der Waals surface area contributed by atoms with Crippen molar-refractivity contribution in [3.8, 4) is 0 Å². The van der Waals surface area contributed by atoms with Crippen LogP contribution in [-0.4, -0.2) is 80.4 Å². The number of nitrogens with two attached hydrogens (primary N) is 1. The minimum absolute atomic E-state index is 0.0229. The molecule has 12 heteroatoms. The standard InChI is InChI=1S/C17H22N6O4S2/c1-3-4-5-19-13(11-9-28-17(18)21-11)15(24)20-10-6-22-8-12(29(2)27)14(16(25)26)23(22)7-10/h3,9-10H,1,4-8H2,2H3,(H2,18,21)(H,20,24)(H,25,26). The number of carbonyl (C=O) groups excluding carboxylic acids is 1. The lowest BCUT2D eigenvalue weighted by atomic mass is 10.2. The summed E-state index contributed by atoms with van der Waals surface area (Å²) in [6.45, 7) is 4.98. The number of nitrogen functional groups attached to an aromatic ring is 1. The second kappa shape index (κ2) is 8.84. The lowest BCUT2D eigenvalue weighted by Crippen LogP contribution is -2.43. The van der Waals surface area contributed by atoms with Crippen molar-refractivity contribution in [1.29, 1.82) is 0 Å². The molecule has 0 spiro atoms. The van der Waals surface area contributed by atoms with Crippen LogP contribution >= 0.6 is 11.3 Å². The van der Waals surface area contributed by atoms with Crippen LogP contribution in [0.25, 0.3) is 0 Å². The lowest BCUT2D eigenvalue weighted by Gasteiger charge is -2.21. The minimum atomic E-state index is -1.38. The molecule has 0 aromatic carbocycles. The number of carbonyl (C=O) groups is 2. The molecular weight excluding hydrogens is 416 g/mol. The molecule has 2 aliphatic rings. The van der Waals surface area contributed by atoms with Gasteiger partial charge in [-0.25, -0.2) is 14.8 Å². The topological polar surface area (TPSA) is 141 Å². The highest BCUT2D eigenvalue weighted by Gasteiger charge is 2.42. The molecule has 2 unspecified atom stereocenters. The van der Waals surface area contributed by atoms with Crippen molar-refractivity contribution in [3.05, 3.63) is 34.3 Å². The Balaban J connectivity index is 1.74. The van der Waals surface area contributed by atoms with Gasteiger partial charge in [-0.2, -0.15) is 0 Å². The fraction of sp³-hybridized carbons (Fsp3) is 0.412. The first-order valence-electron chi connectivity index (χ1n) is 8.81. The Labute approximate surface area is 174 Å². The highest BCUT2D eigenvalue weighted by molar-refractivity contribution is 7.88. The van der Waals surface area contributed by atoms with Gasteiger partial charge in [0.25, 0.3) is 5.91 Å². The maximum absolute atomic E-state index is 12.9. The monoisotopic (exact) mass is 438 g/mol. The fourth-order valence-electron chi connectivity index (χ4n) is 3.24. The van der Waals surface area contributed by atoms with Gasteiger partial charge in [-0.15, -0.1) is 17.9 Å². The van der Waals surface area contributed by atoms with Crippen LogP contribution in [0.4, 0.5) is 5.13 Å². The summed E-state index contributed by atoms with van der Waals surface area (Å²) in [5.74, 6) is -1.53. The summed E-state index contributed by atoms with van der Waals surface area (Å²) in [4.78, 5) is 33.4. The Morgan fingerprint density at radius 2 is 2.31 bits per heavy atom. The average Bonchev–Trinajstić information content (AvgIpc) is 3.32. The maximum Gasteiger partial charge on any atom is 0.354 e. The van der Waals surface area contributed by atoms with Gasteiger partial charge in [-0.1, -0.05) is 6.08 Å². The molecule has 1 fully saturated rings. The number of anilines is 1. The number of amides is 1. The van der Waals surface area contributed by atoms with Crippen molar-refractivity contribution in [3.63, 3.8) is 0 Å². The molecule has 1 aromatic rings. The van der Waals surface area contributed by atoms with Gasteiger partial charge in [0.15, 0.2) is 10.8 Å². The number of aromatic nitrogens is 1. The van der Waals surface area contributed by atoms with Crippen LogP contribution in [-0.2, 0) is 20.4 Å². The second-order valence-electron chi connectivity index (χ2n) is 6.51. The van der Waals surface area contributed by atoms with Gasteiger partial charge in [0, 0.05) is 35.5 Å². The van der Waals surface area contributed by atoms with E-state index in [2.05, 4.69) is 21.9 Å². The zero-order valence-corrected chi connectivity index (χ0v) is 17.5. The third-order valence-electron chi connectivity index (χ3n) is 4.48. The van der Waals surface area contributed by atoms with Gasteiger partial charge in [0.1, 0.15) is 11.4 Å². The SMILES string of the molecule is C=CCCN=C(C(=O)NC1CN2CC(S(C)=O)=C(C(=O)O)N2C1)c1csc(N)n1. The number of carboxylic acid groups (broad SMARTS) is 1. The molecule has 0 saturated carbocycles. The molecule has 2 aliphatic heterocycles. The first kappa shape index (κ1) is 21.1. The van der Waals surface area contributed by atoms with E-state index in [1.807, 2.05) is 0 Å². The van der Waals surface area contributed by atoms with Crippen molar-refractivity contribution >= 4 is 44.9 Å². The van der Waals surface area contributed by atoms with E-state index in [1.54, 1.807) is 21.5 Å². The van der Waals surface area contributed by atoms with Gasteiger partial charge in [0.2, 0.25) is 0 Å². The van der Waals surface area contributed by atoms with Crippen LogP contribution in [0.5, 0.6) is 0 Å². The van der Waals surface area contributed by atoms with Crippen LogP contribution in [0.15, 0.2) is 33.6 Å². The smallest absolute Gasteiger partial charge is 0.354 e. The van der Waals surface area contributed by atoms with Crippen molar-refractivity contribution in [2.75, 3.05) is 38.2 Å². The van der Waals surface area contributed by atoms with E-state index in [0.717, 1.165) is 0 Å². The molecule has 4 N–H and O–H groups in total. The van der Waals surface area contributed by atoms with Crippen molar-refractivity contribution < 1.29 is 18.9 Å². The van der Waals surface area contributed by atoms with Crippen molar-refractivity contribution in [2.45, 2.75) is 12.5 Å². The van der Waals surface area contributed by atoms with E-state index in [-0.39, 0.29) is 30.5 Å². The number of fused-ring (bicyclic) bond motifs is 1. The predicted molar refractivity (Wildman–Crippen MR) is 112 cm³/mol. The molecule has 0 radical (unpaired) electrons. The highest BCUT2D eigenvalue weighted by Crippen LogP contribution is 2.29. The molecule has 1 saturated heterocycles. The number of hydrazine groups is 1. The molecule has 0 bridgehead atoms. The summed E-state index contributed by atoms with van der Waals surface area (Å²) in [6.07, 6.45) is 3.79. The lowest BCUT2D eigenvalue weighted by molar-refractivity contribution is -0.135. The van der Waals surface area contributed by atoms with Gasteiger partial charge >= 0.3 is 5.97 Å². The number of thiazole rings is 1. The molecule has 0 aliphatic carbocycles. The highest BCUT2D eigenvalue weighted by atomic mass is 32.2. The molecule has 3 rings (SSSR count). The first-order valence-corrected chi connectivity index (χ1v) is 11.3. The molecular formula is C17H22N6O4S2. The Kier molecular flexibility index (Phi) is 6.45. The summed E-state index contributed by atoms with van der Waals surface area (Å²) in [7, 11) is -1.38. The Hall–Kier alpha value is -2.57. The van der Waals surface area contributed by atoms with Crippen LogP contribution in [0.1, 0.15) is 12.1 Å².